The molecule has 1 aliphatic heterocycles. The van der Waals surface area contributed by atoms with Gasteiger partial charge in [-0.1, -0.05) is 0 Å². The van der Waals surface area contributed by atoms with Crippen molar-refractivity contribution in [3.8, 4) is 0 Å². The molecular weight excluding hydrogens is 142 g/mol. The summed E-state index contributed by atoms with van der Waals surface area (Å²) in [5.74, 6) is 1.38. The first kappa shape index (κ1) is 6.99. The lowest BCUT2D eigenvalue weighted by atomic mass is 10.2. The Balaban J connectivity index is 1.91. The van der Waals surface area contributed by atoms with E-state index in [0.717, 1.165) is 11.3 Å². The van der Waals surface area contributed by atoms with Crippen molar-refractivity contribution in [1.29, 1.82) is 0 Å². The Bertz CT molecular complexity index is 104. The summed E-state index contributed by atoms with van der Waals surface area (Å²) in [6.07, 6.45) is 5.70. The molecular formula is C8H15NS. The van der Waals surface area contributed by atoms with Crippen molar-refractivity contribution in [2.75, 3.05) is 12.3 Å². The van der Waals surface area contributed by atoms with Gasteiger partial charge in [0.25, 0.3) is 0 Å². The highest BCUT2D eigenvalue weighted by molar-refractivity contribution is 7.99. The van der Waals surface area contributed by atoms with Gasteiger partial charge in [-0.2, -0.15) is 11.8 Å². The third-order valence-electron chi connectivity index (χ3n) is 2.49. The molecule has 2 rings (SSSR count). The molecule has 2 bridgehead atoms. The maximum atomic E-state index is 3.60. The number of thioether (sulfide) groups is 1. The molecule has 1 nitrogen and oxygen atoms in total. The van der Waals surface area contributed by atoms with Gasteiger partial charge in [-0.05, 0) is 38.0 Å². The molecule has 2 heteroatoms. The summed E-state index contributed by atoms with van der Waals surface area (Å²) < 4.78 is 0. The van der Waals surface area contributed by atoms with Crippen LogP contribution in [0.5, 0.6) is 0 Å². The fourth-order valence-electron chi connectivity index (χ4n) is 1.91. The van der Waals surface area contributed by atoms with Crippen LogP contribution in [0.3, 0.4) is 0 Å². The smallest absolute Gasteiger partial charge is 0.00780 e. The average Bonchev–Trinajstić information content (AvgIpc) is 2.30. The normalized spacial score (nSPS) is 40.8. The van der Waals surface area contributed by atoms with E-state index >= 15 is 0 Å². The summed E-state index contributed by atoms with van der Waals surface area (Å²) in [4.78, 5) is 0. The third-order valence-corrected chi connectivity index (χ3v) is 3.92. The van der Waals surface area contributed by atoms with Crippen molar-refractivity contribution >= 4 is 11.8 Å². The van der Waals surface area contributed by atoms with Gasteiger partial charge < -0.3 is 5.32 Å². The van der Waals surface area contributed by atoms with Crippen molar-refractivity contribution in [2.24, 2.45) is 0 Å². The third kappa shape index (κ3) is 1.48. The molecule has 0 aromatic heterocycles. The van der Waals surface area contributed by atoms with Gasteiger partial charge in [0.05, 0.1) is 0 Å². The minimum atomic E-state index is 0.873. The van der Waals surface area contributed by atoms with Gasteiger partial charge >= 0.3 is 0 Å². The van der Waals surface area contributed by atoms with Crippen LogP contribution in [0.4, 0.5) is 0 Å². The number of fused-ring (bicyclic) bond motifs is 2. The molecule has 0 aromatic rings. The summed E-state index contributed by atoms with van der Waals surface area (Å²) in [5.41, 5.74) is 0. The van der Waals surface area contributed by atoms with E-state index in [4.69, 9.17) is 0 Å². The van der Waals surface area contributed by atoms with Gasteiger partial charge in [0.2, 0.25) is 0 Å². The molecule has 2 fully saturated rings. The van der Waals surface area contributed by atoms with E-state index < -0.39 is 0 Å². The van der Waals surface area contributed by atoms with Gasteiger partial charge in [-0.25, -0.2) is 0 Å². The Morgan fingerprint density at radius 1 is 1.30 bits per heavy atom. The van der Waals surface area contributed by atoms with E-state index in [2.05, 4.69) is 17.1 Å². The van der Waals surface area contributed by atoms with Crippen LogP contribution in [0, 0.1) is 0 Å². The second-order valence-corrected chi connectivity index (χ2v) is 4.72. The Hall–Kier alpha value is 0.310. The van der Waals surface area contributed by atoms with E-state index in [0.29, 0.717) is 0 Å². The highest BCUT2D eigenvalue weighted by Gasteiger charge is 2.25. The van der Waals surface area contributed by atoms with Crippen molar-refractivity contribution in [3.05, 3.63) is 0 Å². The predicted octanol–water partition coefficient (Wildman–Crippen LogP) is 1.63. The summed E-state index contributed by atoms with van der Waals surface area (Å²) in [7, 11) is 0. The highest BCUT2D eigenvalue weighted by atomic mass is 32.2. The molecule has 1 N–H and O–H groups in total. The average molecular weight is 157 g/mol. The van der Waals surface area contributed by atoms with Gasteiger partial charge in [-0.15, -0.1) is 0 Å². The highest BCUT2D eigenvalue weighted by Crippen LogP contribution is 2.31. The molecule has 0 radical (unpaired) electrons. The maximum Gasteiger partial charge on any atom is 0.00780 e. The van der Waals surface area contributed by atoms with Gasteiger partial charge in [0, 0.05) is 11.3 Å². The molecule has 1 aliphatic carbocycles. The second kappa shape index (κ2) is 3.14. The van der Waals surface area contributed by atoms with Crippen LogP contribution in [-0.2, 0) is 0 Å². The number of nitrogens with one attached hydrogen (secondary N) is 1. The minimum absolute atomic E-state index is 0.873. The molecule has 1 saturated carbocycles. The molecule has 2 atom stereocenters. The first-order chi connectivity index (χ1) is 4.95. The summed E-state index contributed by atoms with van der Waals surface area (Å²) in [6, 6.07) is 0.873. The van der Waals surface area contributed by atoms with Crippen molar-refractivity contribution < 1.29 is 0 Å². The van der Waals surface area contributed by atoms with Crippen LogP contribution in [0.2, 0.25) is 0 Å². The van der Waals surface area contributed by atoms with Crippen molar-refractivity contribution in [2.45, 2.75) is 37.0 Å². The summed E-state index contributed by atoms with van der Waals surface area (Å²) >= 11 is 2.20. The lowest BCUT2D eigenvalue weighted by Crippen LogP contribution is -2.29. The fourth-order valence-corrected chi connectivity index (χ4v) is 3.22. The molecule has 2 aliphatic rings. The first-order valence-corrected chi connectivity index (χ1v) is 5.35. The number of rotatable bonds is 0. The molecule has 10 heavy (non-hydrogen) atoms. The quantitative estimate of drug-likeness (QED) is 0.573. The molecule has 1 heterocycles. The van der Waals surface area contributed by atoms with E-state index in [1.165, 1.54) is 38.0 Å². The Kier molecular flexibility index (Phi) is 2.19. The van der Waals surface area contributed by atoms with Gasteiger partial charge in [0.1, 0.15) is 0 Å². The van der Waals surface area contributed by atoms with Gasteiger partial charge in [0.15, 0.2) is 0 Å². The zero-order valence-corrected chi connectivity index (χ0v) is 7.12. The van der Waals surface area contributed by atoms with E-state index in [1.807, 2.05) is 0 Å². The lowest BCUT2D eigenvalue weighted by Gasteiger charge is -2.16. The van der Waals surface area contributed by atoms with Crippen molar-refractivity contribution in [3.63, 3.8) is 0 Å². The van der Waals surface area contributed by atoms with Crippen LogP contribution in [0.1, 0.15) is 25.7 Å². The molecule has 0 amide bonds. The zero-order valence-electron chi connectivity index (χ0n) is 6.31. The number of hydrogen-bond donors (Lipinski definition) is 1. The number of hydrogen-bond acceptors (Lipinski definition) is 2. The SMILES string of the molecule is C1CNC2CCC(C2)SC1. The first-order valence-electron chi connectivity index (χ1n) is 4.30. The molecule has 58 valence electrons. The Morgan fingerprint density at radius 3 is 3.30 bits per heavy atom. The van der Waals surface area contributed by atoms with E-state index in [9.17, 15) is 0 Å². The maximum absolute atomic E-state index is 3.60. The van der Waals surface area contributed by atoms with E-state index in [-0.39, 0.29) is 0 Å². The molecule has 2 unspecified atom stereocenters. The van der Waals surface area contributed by atoms with Crippen LogP contribution < -0.4 is 5.32 Å². The summed E-state index contributed by atoms with van der Waals surface area (Å²) in [6.45, 7) is 1.25. The standard InChI is InChI=1S/C8H15NS/c1-4-9-7-2-3-8(6-7)10-5-1/h7-9H,1-6H2. The molecule has 0 aromatic carbocycles. The fraction of sp³-hybridized carbons (Fsp3) is 1.00. The van der Waals surface area contributed by atoms with Crippen LogP contribution in [0.15, 0.2) is 0 Å². The Morgan fingerprint density at radius 2 is 2.30 bits per heavy atom. The molecule has 0 spiro atoms. The monoisotopic (exact) mass is 157 g/mol. The molecule has 1 saturated heterocycles. The van der Waals surface area contributed by atoms with E-state index in [1.54, 1.807) is 0 Å². The van der Waals surface area contributed by atoms with Crippen LogP contribution in [-0.4, -0.2) is 23.6 Å². The van der Waals surface area contributed by atoms with Crippen LogP contribution >= 0.6 is 11.8 Å². The lowest BCUT2D eigenvalue weighted by molar-refractivity contribution is 0.522. The van der Waals surface area contributed by atoms with Crippen LogP contribution in [0.25, 0.3) is 0 Å². The summed E-state index contributed by atoms with van der Waals surface area (Å²) in [5, 5.41) is 4.60. The second-order valence-electron chi connectivity index (χ2n) is 3.31. The minimum Gasteiger partial charge on any atom is -0.314 e. The Labute approximate surface area is 67.0 Å². The zero-order chi connectivity index (χ0) is 6.81. The topological polar surface area (TPSA) is 12.0 Å². The van der Waals surface area contributed by atoms with Gasteiger partial charge in [-0.3, -0.25) is 0 Å². The largest absolute Gasteiger partial charge is 0.314 e. The predicted molar refractivity (Wildman–Crippen MR) is 46.5 cm³/mol. The van der Waals surface area contributed by atoms with Crippen molar-refractivity contribution in [1.82, 2.24) is 5.32 Å².